The third-order valence-electron chi connectivity index (χ3n) is 2.73. The average molecular weight is 264 g/mol. The Kier molecular flexibility index (Phi) is 6.36. The Balaban J connectivity index is 2.26. The number of carbonyl (C=O) groups excluding carboxylic acids is 1. The highest BCUT2D eigenvalue weighted by Gasteiger charge is 2.05. The van der Waals surface area contributed by atoms with E-state index in [4.69, 9.17) is 10.5 Å². The number of rotatable bonds is 7. The van der Waals surface area contributed by atoms with Gasteiger partial charge in [-0.15, -0.1) is 0 Å². The summed E-state index contributed by atoms with van der Waals surface area (Å²) >= 11 is 0. The summed E-state index contributed by atoms with van der Waals surface area (Å²) < 4.78 is 5.45. The molecule has 1 aromatic rings. The number of amides is 1. The van der Waals surface area contributed by atoms with Gasteiger partial charge in [-0.3, -0.25) is 4.79 Å². The van der Waals surface area contributed by atoms with Gasteiger partial charge in [-0.1, -0.05) is 13.8 Å². The lowest BCUT2D eigenvalue weighted by Gasteiger charge is -2.08. The van der Waals surface area contributed by atoms with E-state index < -0.39 is 0 Å². The Bertz CT molecular complexity index is 417. The third-order valence-corrected chi connectivity index (χ3v) is 2.73. The molecule has 1 amide bonds. The first-order valence-corrected chi connectivity index (χ1v) is 6.72. The van der Waals surface area contributed by atoms with Crippen LogP contribution in [0.1, 0.15) is 36.2 Å². The van der Waals surface area contributed by atoms with Gasteiger partial charge in [0.15, 0.2) is 0 Å². The molecule has 106 valence electrons. The van der Waals surface area contributed by atoms with Gasteiger partial charge in [-0.05, 0) is 43.0 Å². The van der Waals surface area contributed by atoms with Gasteiger partial charge in [0.25, 0.3) is 5.91 Å². The zero-order valence-corrected chi connectivity index (χ0v) is 12.0. The van der Waals surface area contributed by atoms with Gasteiger partial charge in [0.2, 0.25) is 0 Å². The van der Waals surface area contributed by atoms with E-state index >= 15 is 0 Å². The second-order valence-corrected chi connectivity index (χ2v) is 5.15. The standard InChI is InChI=1S/C15H24N2O2/c1-11(2)10-19-8-4-7-17-15(18)13-5-6-14(16)12(3)9-13/h5-6,9,11H,4,7-8,10,16H2,1-3H3,(H,17,18). The fraction of sp³-hybridized carbons (Fsp3) is 0.533. The summed E-state index contributed by atoms with van der Waals surface area (Å²) in [6, 6.07) is 5.31. The van der Waals surface area contributed by atoms with Crippen molar-refractivity contribution in [2.75, 3.05) is 25.5 Å². The first kappa shape index (κ1) is 15.5. The van der Waals surface area contributed by atoms with Crippen molar-refractivity contribution >= 4 is 11.6 Å². The van der Waals surface area contributed by atoms with Gasteiger partial charge in [0.1, 0.15) is 0 Å². The SMILES string of the molecule is Cc1cc(C(=O)NCCCOCC(C)C)ccc1N. The van der Waals surface area contributed by atoms with E-state index in [0.717, 1.165) is 18.6 Å². The molecule has 0 radical (unpaired) electrons. The lowest BCUT2D eigenvalue weighted by Crippen LogP contribution is -2.25. The number of aryl methyl sites for hydroxylation is 1. The van der Waals surface area contributed by atoms with E-state index in [1.165, 1.54) is 0 Å². The Morgan fingerprint density at radius 2 is 2.16 bits per heavy atom. The molecule has 0 unspecified atom stereocenters. The predicted octanol–water partition coefficient (Wildman–Crippen LogP) is 2.37. The minimum Gasteiger partial charge on any atom is -0.399 e. The lowest BCUT2D eigenvalue weighted by molar-refractivity contribution is 0.0925. The average Bonchev–Trinajstić information content (AvgIpc) is 2.36. The molecule has 0 aliphatic rings. The van der Waals surface area contributed by atoms with Crippen molar-refractivity contribution in [3.8, 4) is 0 Å². The van der Waals surface area contributed by atoms with Crippen molar-refractivity contribution in [3.63, 3.8) is 0 Å². The molecule has 0 saturated heterocycles. The third kappa shape index (κ3) is 5.75. The Hall–Kier alpha value is -1.55. The molecule has 1 rings (SSSR count). The monoisotopic (exact) mass is 264 g/mol. The van der Waals surface area contributed by atoms with E-state index in [-0.39, 0.29) is 5.91 Å². The molecule has 0 aliphatic carbocycles. The molecule has 0 heterocycles. The number of anilines is 1. The molecule has 0 saturated carbocycles. The van der Waals surface area contributed by atoms with Crippen LogP contribution in [0, 0.1) is 12.8 Å². The fourth-order valence-corrected chi connectivity index (χ4v) is 1.61. The number of nitrogen functional groups attached to an aromatic ring is 1. The first-order valence-electron chi connectivity index (χ1n) is 6.72. The highest BCUT2D eigenvalue weighted by atomic mass is 16.5. The molecule has 0 fully saturated rings. The Morgan fingerprint density at radius 1 is 1.42 bits per heavy atom. The van der Waals surface area contributed by atoms with Crippen LogP contribution >= 0.6 is 0 Å². The number of nitrogens with one attached hydrogen (secondary N) is 1. The van der Waals surface area contributed by atoms with Gasteiger partial charge < -0.3 is 15.8 Å². The lowest BCUT2D eigenvalue weighted by atomic mass is 10.1. The van der Waals surface area contributed by atoms with E-state index in [1.54, 1.807) is 18.2 Å². The summed E-state index contributed by atoms with van der Waals surface area (Å²) in [5, 5.41) is 2.87. The molecule has 0 bridgehead atoms. The maximum Gasteiger partial charge on any atom is 0.251 e. The molecular weight excluding hydrogens is 240 g/mol. The van der Waals surface area contributed by atoms with Gasteiger partial charge in [0, 0.05) is 31.0 Å². The number of ether oxygens (including phenoxy) is 1. The summed E-state index contributed by atoms with van der Waals surface area (Å²) in [5.41, 5.74) is 8.00. The van der Waals surface area contributed by atoms with Crippen molar-refractivity contribution in [3.05, 3.63) is 29.3 Å². The smallest absolute Gasteiger partial charge is 0.251 e. The zero-order chi connectivity index (χ0) is 14.3. The molecule has 0 aliphatic heterocycles. The number of hydrogen-bond acceptors (Lipinski definition) is 3. The van der Waals surface area contributed by atoms with Crippen molar-refractivity contribution in [1.29, 1.82) is 0 Å². The van der Waals surface area contributed by atoms with Crippen LogP contribution in [-0.4, -0.2) is 25.7 Å². The minimum absolute atomic E-state index is 0.0630. The van der Waals surface area contributed by atoms with Crippen LogP contribution in [0.3, 0.4) is 0 Å². The molecule has 3 N–H and O–H groups in total. The summed E-state index contributed by atoms with van der Waals surface area (Å²) in [6.07, 6.45) is 0.826. The van der Waals surface area contributed by atoms with E-state index in [2.05, 4.69) is 19.2 Å². The van der Waals surface area contributed by atoms with Crippen LogP contribution in [0.2, 0.25) is 0 Å². The van der Waals surface area contributed by atoms with E-state index in [1.807, 2.05) is 6.92 Å². The molecule has 19 heavy (non-hydrogen) atoms. The Labute approximate surface area is 115 Å². The highest BCUT2D eigenvalue weighted by molar-refractivity contribution is 5.94. The van der Waals surface area contributed by atoms with Crippen LogP contribution in [0.5, 0.6) is 0 Å². The first-order chi connectivity index (χ1) is 9.00. The van der Waals surface area contributed by atoms with Gasteiger partial charge >= 0.3 is 0 Å². The second-order valence-electron chi connectivity index (χ2n) is 5.15. The Morgan fingerprint density at radius 3 is 2.79 bits per heavy atom. The quantitative estimate of drug-likeness (QED) is 0.587. The maximum atomic E-state index is 11.9. The zero-order valence-electron chi connectivity index (χ0n) is 12.0. The summed E-state index contributed by atoms with van der Waals surface area (Å²) in [5.74, 6) is 0.485. The molecule has 4 nitrogen and oxygen atoms in total. The summed E-state index contributed by atoms with van der Waals surface area (Å²) in [7, 11) is 0. The van der Waals surface area contributed by atoms with Crippen molar-refractivity contribution < 1.29 is 9.53 Å². The molecule has 0 atom stereocenters. The topological polar surface area (TPSA) is 64.3 Å². The number of hydrogen-bond donors (Lipinski definition) is 2. The van der Waals surface area contributed by atoms with Crippen molar-refractivity contribution in [1.82, 2.24) is 5.32 Å². The molecule has 1 aromatic carbocycles. The largest absolute Gasteiger partial charge is 0.399 e. The van der Waals surface area contributed by atoms with Crippen LogP contribution < -0.4 is 11.1 Å². The maximum absolute atomic E-state index is 11.9. The normalized spacial score (nSPS) is 10.7. The fourth-order valence-electron chi connectivity index (χ4n) is 1.61. The van der Waals surface area contributed by atoms with Gasteiger partial charge in [-0.2, -0.15) is 0 Å². The van der Waals surface area contributed by atoms with Crippen molar-refractivity contribution in [2.24, 2.45) is 5.92 Å². The molecule has 4 heteroatoms. The molecule has 0 aromatic heterocycles. The summed E-state index contributed by atoms with van der Waals surface area (Å²) in [4.78, 5) is 11.9. The highest BCUT2D eigenvalue weighted by Crippen LogP contribution is 2.12. The van der Waals surface area contributed by atoms with Crippen LogP contribution in [0.25, 0.3) is 0 Å². The minimum atomic E-state index is -0.0630. The van der Waals surface area contributed by atoms with Crippen LogP contribution in [-0.2, 0) is 4.74 Å². The van der Waals surface area contributed by atoms with E-state index in [0.29, 0.717) is 30.3 Å². The van der Waals surface area contributed by atoms with Crippen LogP contribution in [0.15, 0.2) is 18.2 Å². The molecular formula is C15H24N2O2. The van der Waals surface area contributed by atoms with Gasteiger partial charge in [0.05, 0.1) is 0 Å². The summed E-state index contributed by atoms with van der Waals surface area (Å²) in [6.45, 7) is 8.20. The number of nitrogens with two attached hydrogens (primary N) is 1. The molecule has 0 spiro atoms. The number of carbonyl (C=O) groups is 1. The second kappa shape index (κ2) is 7.79. The van der Waals surface area contributed by atoms with E-state index in [9.17, 15) is 4.79 Å². The van der Waals surface area contributed by atoms with Crippen molar-refractivity contribution in [2.45, 2.75) is 27.2 Å². The van der Waals surface area contributed by atoms with Crippen LogP contribution in [0.4, 0.5) is 5.69 Å². The predicted molar refractivity (Wildman–Crippen MR) is 78.2 cm³/mol. The van der Waals surface area contributed by atoms with Gasteiger partial charge in [-0.25, -0.2) is 0 Å². The number of benzene rings is 1.